The molecule has 0 aliphatic carbocycles. The van der Waals surface area contributed by atoms with Crippen LogP contribution in [0.5, 0.6) is 0 Å². The van der Waals surface area contributed by atoms with Gasteiger partial charge >= 0.3 is 5.97 Å². The van der Waals surface area contributed by atoms with Crippen LogP contribution in [0.1, 0.15) is 30.6 Å². The van der Waals surface area contributed by atoms with Crippen LogP contribution in [0.2, 0.25) is 0 Å². The number of benzene rings is 1. The topological polar surface area (TPSA) is 72.6 Å². The molecule has 2 rings (SSSR count). The number of carbonyl (C=O) groups excluding carboxylic acids is 2. The molecule has 120 valence electrons. The molecule has 1 heterocycles. The van der Waals surface area contributed by atoms with Crippen LogP contribution in [0.15, 0.2) is 18.2 Å². The van der Waals surface area contributed by atoms with Gasteiger partial charge in [0, 0.05) is 22.3 Å². The number of carbonyl (C=O) groups is 2. The molecule has 0 saturated carbocycles. The van der Waals surface area contributed by atoms with Crippen LogP contribution in [0.4, 0.5) is 5.69 Å². The average molecular weight is 416 g/mol. The molecule has 1 saturated heterocycles. The van der Waals surface area contributed by atoms with E-state index in [9.17, 15) is 9.59 Å². The van der Waals surface area contributed by atoms with Crippen molar-refractivity contribution in [2.75, 3.05) is 25.4 Å². The summed E-state index contributed by atoms with van der Waals surface area (Å²) in [6.07, 6.45) is 1.13. The van der Waals surface area contributed by atoms with E-state index in [1.165, 1.54) is 0 Å². The number of amides is 1. The molecule has 0 aromatic heterocycles. The van der Waals surface area contributed by atoms with Crippen molar-refractivity contribution in [1.82, 2.24) is 4.90 Å². The summed E-state index contributed by atoms with van der Waals surface area (Å²) in [4.78, 5) is 26.0. The average Bonchev–Trinajstić information content (AvgIpc) is 2.45. The lowest BCUT2D eigenvalue weighted by Crippen LogP contribution is -2.44. The first-order valence-electron chi connectivity index (χ1n) is 7.36. The largest absolute Gasteiger partial charge is 0.452 e. The van der Waals surface area contributed by atoms with E-state index in [0.717, 1.165) is 23.1 Å². The van der Waals surface area contributed by atoms with E-state index in [0.29, 0.717) is 23.1 Å². The van der Waals surface area contributed by atoms with Crippen LogP contribution in [-0.2, 0) is 9.53 Å². The van der Waals surface area contributed by atoms with E-state index >= 15 is 0 Å². The zero-order valence-electron chi connectivity index (χ0n) is 12.8. The summed E-state index contributed by atoms with van der Waals surface area (Å²) in [5, 5.41) is 0. The Kier molecular flexibility index (Phi) is 5.66. The van der Waals surface area contributed by atoms with Crippen LogP contribution in [0.3, 0.4) is 0 Å². The monoisotopic (exact) mass is 416 g/mol. The number of nitrogens with two attached hydrogens (primary N) is 1. The van der Waals surface area contributed by atoms with Gasteiger partial charge < -0.3 is 15.4 Å². The Bertz CT molecular complexity index is 567. The Balaban J connectivity index is 1.93. The second kappa shape index (κ2) is 7.30. The zero-order valence-corrected chi connectivity index (χ0v) is 15.0. The molecule has 0 bridgehead atoms. The van der Waals surface area contributed by atoms with Crippen LogP contribution in [0, 0.1) is 15.4 Å². The van der Waals surface area contributed by atoms with Gasteiger partial charge in [0.1, 0.15) is 0 Å². The molecular formula is C16H21IN2O3. The number of rotatable bonds is 3. The number of ether oxygens (including phenoxy) is 1. The van der Waals surface area contributed by atoms with Crippen molar-refractivity contribution >= 4 is 40.2 Å². The lowest BCUT2D eigenvalue weighted by atomic mass is 9.92. The van der Waals surface area contributed by atoms with Crippen molar-refractivity contribution in [3.8, 4) is 0 Å². The highest BCUT2D eigenvalue weighted by Gasteiger charge is 2.26. The van der Waals surface area contributed by atoms with Gasteiger partial charge in [-0.3, -0.25) is 4.79 Å². The van der Waals surface area contributed by atoms with Gasteiger partial charge in [0.15, 0.2) is 6.61 Å². The van der Waals surface area contributed by atoms with Crippen LogP contribution in [-0.4, -0.2) is 36.5 Å². The maximum absolute atomic E-state index is 12.2. The van der Waals surface area contributed by atoms with Crippen LogP contribution < -0.4 is 5.73 Å². The predicted octanol–water partition coefficient (Wildman–Crippen LogP) is 2.53. The second-order valence-corrected chi connectivity index (χ2v) is 7.30. The fraction of sp³-hybridized carbons (Fsp3) is 0.500. The number of likely N-dealkylation sites (tertiary alicyclic amines) is 1. The summed E-state index contributed by atoms with van der Waals surface area (Å²) >= 11 is 2.10. The fourth-order valence-electron chi connectivity index (χ4n) is 2.87. The number of halogens is 1. The van der Waals surface area contributed by atoms with E-state index in [-0.39, 0.29) is 12.5 Å². The minimum atomic E-state index is -0.553. The maximum atomic E-state index is 12.2. The van der Waals surface area contributed by atoms with Gasteiger partial charge in [0.2, 0.25) is 0 Å². The minimum Gasteiger partial charge on any atom is -0.452 e. The highest BCUT2D eigenvalue weighted by molar-refractivity contribution is 14.1. The fourth-order valence-corrected chi connectivity index (χ4v) is 3.36. The highest BCUT2D eigenvalue weighted by Crippen LogP contribution is 2.21. The van der Waals surface area contributed by atoms with E-state index in [2.05, 4.69) is 36.4 Å². The third-order valence-electron chi connectivity index (χ3n) is 3.78. The quantitative estimate of drug-likeness (QED) is 0.467. The number of anilines is 1. The first kappa shape index (κ1) is 17.1. The SMILES string of the molecule is C[C@H]1C[C@H](C)CN(C(=O)COC(=O)c2cc(I)ccc2N)C1. The summed E-state index contributed by atoms with van der Waals surface area (Å²) in [6.45, 7) is 5.49. The summed E-state index contributed by atoms with van der Waals surface area (Å²) in [7, 11) is 0. The smallest absolute Gasteiger partial charge is 0.340 e. The summed E-state index contributed by atoms with van der Waals surface area (Å²) in [5.74, 6) is 0.267. The Labute approximate surface area is 144 Å². The first-order chi connectivity index (χ1) is 10.4. The molecule has 1 fully saturated rings. The molecule has 1 amide bonds. The van der Waals surface area contributed by atoms with Crippen molar-refractivity contribution in [3.05, 3.63) is 27.3 Å². The molecule has 22 heavy (non-hydrogen) atoms. The molecule has 0 radical (unpaired) electrons. The van der Waals surface area contributed by atoms with Crippen molar-refractivity contribution in [2.24, 2.45) is 11.8 Å². The Morgan fingerprint density at radius 1 is 1.32 bits per heavy atom. The number of hydrogen-bond acceptors (Lipinski definition) is 4. The number of nitrogen functional groups attached to an aromatic ring is 1. The van der Waals surface area contributed by atoms with Crippen molar-refractivity contribution < 1.29 is 14.3 Å². The van der Waals surface area contributed by atoms with Crippen LogP contribution >= 0.6 is 22.6 Å². The molecule has 1 aromatic rings. The zero-order chi connectivity index (χ0) is 16.3. The molecule has 2 N–H and O–H groups in total. The highest BCUT2D eigenvalue weighted by atomic mass is 127. The van der Waals surface area contributed by atoms with E-state index in [1.54, 1.807) is 17.0 Å². The van der Waals surface area contributed by atoms with Crippen molar-refractivity contribution in [2.45, 2.75) is 20.3 Å². The molecule has 1 aromatic carbocycles. The summed E-state index contributed by atoms with van der Waals surface area (Å²) < 4.78 is 6.03. The lowest BCUT2D eigenvalue weighted by Gasteiger charge is -2.34. The number of esters is 1. The molecule has 1 aliphatic rings. The van der Waals surface area contributed by atoms with Gasteiger partial charge in [-0.1, -0.05) is 13.8 Å². The number of hydrogen-bond donors (Lipinski definition) is 1. The van der Waals surface area contributed by atoms with Gasteiger partial charge in [-0.25, -0.2) is 4.79 Å². The molecule has 1 aliphatic heterocycles. The van der Waals surface area contributed by atoms with Gasteiger partial charge in [-0.15, -0.1) is 0 Å². The van der Waals surface area contributed by atoms with Gasteiger partial charge in [0.05, 0.1) is 5.56 Å². The Hall–Kier alpha value is -1.31. The van der Waals surface area contributed by atoms with Crippen molar-refractivity contribution in [1.29, 1.82) is 0 Å². The van der Waals surface area contributed by atoms with E-state index in [4.69, 9.17) is 10.5 Å². The summed E-state index contributed by atoms with van der Waals surface area (Å²) in [5.41, 5.74) is 6.44. The molecule has 6 heteroatoms. The molecular weight excluding hydrogens is 395 g/mol. The third-order valence-corrected chi connectivity index (χ3v) is 4.45. The summed E-state index contributed by atoms with van der Waals surface area (Å²) in [6, 6.07) is 5.14. The number of nitrogens with zero attached hydrogens (tertiary/aromatic N) is 1. The molecule has 0 spiro atoms. The lowest BCUT2D eigenvalue weighted by molar-refractivity contribution is -0.137. The van der Waals surface area contributed by atoms with Gasteiger partial charge in [-0.2, -0.15) is 0 Å². The van der Waals surface area contributed by atoms with Crippen molar-refractivity contribution in [3.63, 3.8) is 0 Å². The van der Waals surface area contributed by atoms with Gasteiger partial charge in [-0.05, 0) is 59.0 Å². The normalized spacial score (nSPS) is 21.5. The first-order valence-corrected chi connectivity index (χ1v) is 8.44. The third kappa shape index (κ3) is 4.34. The number of piperidine rings is 1. The molecule has 5 nitrogen and oxygen atoms in total. The van der Waals surface area contributed by atoms with E-state index < -0.39 is 5.97 Å². The second-order valence-electron chi connectivity index (χ2n) is 6.05. The predicted molar refractivity (Wildman–Crippen MR) is 93.4 cm³/mol. The minimum absolute atomic E-state index is 0.143. The van der Waals surface area contributed by atoms with Crippen LogP contribution in [0.25, 0.3) is 0 Å². The maximum Gasteiger partial charge on any atom is 0.340 e. The molecule has 0 unspecified atom stereocenters. The van der Waals surface area contributed by atoms with E-state index in [1.807, 2.05) is 6.07 Å². The van der Waals surface area contributed by atoms with Gasteiger partial charge in [0.25, 0.3) is 5.91 Å². The molecule has 2 atom stereocenters. The Morgan fingerprint density at radius 2 is 1.95 bits per heavy atom. The standard InChI is InChI=1S/C16H21IN2O3/c1-10-5-11(2)8-19(7-10)15(20)9-22-16(21)13-6-12(17)3-4-14(13)18/h3-4,6,10-11H,5,7-9,18H2,1-2H3/t10-,11-/m0/s1. The Morgan fingerprint density at radius 3 is 2.59 bits per heavy atom.